The van der Waals surface area contributed by atoms with Gasteiger partial charge in [-0.25, -0.2) is 9.69 Å². The Balaban J connectivity index is 1.85. The predicted octanol–water partition coefficient (Wildman–Crippen LogP) is 4.49. The van der Waals surface area contributed by atoms with E-state index in [1.54, 1.807) is 36.4 Å². The maximum Gasteiger partial charge on any atom is 0.470 e. The number of aromatic nitrogens is 2. The normalized spacial score (nSPS) is 18.3. The second kappa shape index (κ2) is 8.93. The molecule has 3 aromatic rings. The van der Waals surface area contributed by atoms with Gasteiger partial charge in [-0.05, 0) is 30.7 Å². The summed E-state index contributed by atoms with van der Waals surface area (Å²) in [5, 5.41) is 6.50. The number of urea groups is 1. The molecule has 1 aliphatic heterocycles. The van der Waals surface area contributed by atoms with Crippen LogP contribution in [-0.4, -0.2) is 43.9 Å². The molecule has 0 saturated carbocycles. The van der Waals surface area contributed by atoms with Crippen LogP contribution in [0.4, 0.5) is 18.0 Å². The molecule has 4 rings (SSSR count). The van der Waals surface area contributed by atoms with Gasteiger partial charge in [-0.3, -0.25) is 14.5 Å². The van der Waals surface area contributed by atoms with Crippen LogP contribution in [-0.2, 0) is 6.18 Å². The Hall–Kier alpha value is -4.28. The van der Waals surface area contributed by atoms with Crippen LogP contribution in [0.2, 0.25) is 0 Å². The van der Waals surface area contributed by atoms with Gasteiger partial charge in [0, 0.05) is 11.1 Å². The van der Waals surface area contributed by atoms with Crippen molar-refractivity contribution in [3.8, 4) is 0 Å². The number of halogens is 3. The molecule has 1 fully saturated rings. The SMILES string of the molecule is C=CC[C@@H]1[C@@H](c2nnc(C(F)(F)F)o2)N(C(=O)c2ccccc2)C(=O)N1C(=O)c1ccccc1. The van der Waals surface area contributed by atoms with E-state index in [-0.39, 0.29) is 17.5 Å². The summed E-state index contributed by atoms with van der Waals surface area (Å²) in [6, 6.07) is 11.8. The van der Waals surface area contributed by atoms with Crippen LogP contribution in [0.3, 0.4) is 0 Å². The van der Waals surface area contributed by atoms with Crippen molar-refractivity contribution in [1.82, 2.24) is 20.0 Å². The number of hydrogen-bond acceptors (Lipinski definition) is 6. The number of carbonyl (C=O) groups is 3. The van der Waals surface area contributed by atoms with Gasteiger partial charge in [0.15, 0.2) is 0 Å². The molecule has 0 spiro atoms. The van der Waals surface area contributed by atoms with E-state index in [0.29, 0.717) is 4.90 Å². The lowest BCUT2D eigenvalue weighted by Crippen LogP contribution is -2.41. The lowest BCUT2D eigenvalue weighted by Gasteiger charge is -2.23. The molecule has 34 heavy (non-hydrogen) atoms. The first-order valence-corrected chi connectivity index (χ1v) is 10.1. The number of amides is 4. The van der Waals surface area contributed by atoms with Crippen molar-refractivity contribution in [3.63, 3.8) is 0 Å². The highest BCUT2D eigenvalue weighted by molar-refractivity contribution is 6.13. The minimum Gasteiger partial charge on any atom is -0.415 e. The largest absolute Gasteiger partial charge is 0.470 e. The molecule has 2 aromatic carbocycles. The van der Waals surface area contributed by atoms with E-state index in [0.717, 1.165) is 4.90 Å². The van der Waals surface area contributed by atoms with E-state index < -0.39 is 47.9 Å². The minimum atomic E-state index is -4.93. The van der Waals surface area contributed by atoms with Gasteiger partial charge in [-0.2, -0.15) is 13.2 Å². The van der Waals surface area contributed by atoms with E-state index in [1.807, 2.05) is 0 Å². The third kappa shape index (κ3) is 4.07. The molecule has 4 amide bonds. The molecular formula is C23H17F3N4O4. The lowest BCUT2D eigenvalue weighted by atomic mass is 10.0. The Morgan fingerprint density at radius 2 is 1.47 bits per heavy atom. The fourth-order valence-electron chi connectivity index (χ4n) is 3.73. The van der Waals surface area contributed by atoms with Crippen molar-refractivity contribution in [1.29, 1.82) is 0 Å². The average Bonchev–Trinajstić information content (AvgIpc) is 3.43. The van der Waals surface area contributed by atoms with Crippen LogP contribution in [0, 0.1) is 0 Å². The topological polar surface area (TPSA) is 96.6 Å². The highest BCUT2D eigenvalue weighted by Gasteiger charge is 2.54. The Morgan fingerprint density at radius 1 is 0.941 bits per heavy atom. The first-order chi connectivity index (χ1) is 16.2. The molecular weight excluding hydrogens is 453 g/mol. The molecule has 174 valence electrons. The zero-order valence-corrected chi connectivity index (χ0v) is 17.5. The second-order valence-electron chi connectivity index (χ2n) is 7.34. The van der Waals surface area contributed by atoms with Gasteiger partial charge >= 0.3 is 18.1 Å². The number of nitrogens with zero attached hydrogens (tertiary/aromatic N) is 4. The monoisotopic (exact) mass is 470 g/mol. The third-order valence-electron chi connectivity index (χ3n) is 5.21. The number of benzene rings is 2. The van der Waals surface area contributed by atoms with E-state index in [9.17, 15) is 27.6 Å². The van der Waals surface area contributed by atoms with Gasteiger partial charge in [-0.1, -0.05) is 42.5 Å². The summed E-state index contributed by atoms with van der Waals surface area (Å²) in [7, 11) is 0. The maximum atomic E-state index is 13.5. The van der Waals surface area contributed by atoms with Crippen molar-refractivity contribution in [2.45, 2.75) is 24.7 Å². The summed E-state index contributed by atoms with van der Waals surface area (Å²) in [5.41, 5.74) is 0.238. The zero-order chi connectivity index (χ0) is 24.5. The van der Waals surface area contributed by atoms with Crippen molar-refractivity contribution in [2.24, 2.45) is 0 Å². The zero-order valence-electron chi connectivity index (χ0n) is 17.5. The predicted molar refractivity (Wildman–Crippen MR) is 111 cm³/mol. The molecule has 0 unspecified atom stereocenters. The molecule has 1 aromatic heterocycles. The fraction of sp³-hybridized carbons (Fsp3) is 0.174. The van der Waals surface area contributed by atoms with Gasteiger partial charge in [-0.15, -0.1) is 16.8 Å². The first kappa shape index (κ1) is 22.9. The molecule has 2 atom stereocenters. The summed E-state index contributed by atoms with van der Waals surface area (Å²) >= 11 is 0. The Kier molecular flexibility index (Phi) is 6.01. The van der Waals surface area contributed by atoms with Crippen LogP contribution in [0.15, 0.2) is 77.7 Å². The van der Waals surface area contributed by atoms with E-state index in [4.69, 9.17) is 4.42 Å². The lowest BCUT2D eigenvalue weighted by molar-refractivity contribution is -0.157. The smallest absolute Gasteiger partial charge is 0.415 e. The van der Waals surface area contributed by atoms with Gasteiger partial charge in [0.25, 0.3) is 11.8 Å². The molecule has 11 heteroatoms. The number of hydrogen-bond donors (Lipinski definition) is 0. The molecule has 2 heterocycles. The first-order valence-electron chi connectivity index (χ1n) is 10.1. The quantitative estimate of drug-likeness (QED) is 0.510. The molecule has 1 aliphatic rings. The van der Waals surface area contributed by atoms with Crippen molar-refractivity contribution < 1.29 is 32.0 Å². The van der Waals surface area contributed by atoms with E-state index in [2.05, 4.69) is 16.8 Å². The Labute approximate surface area is 191 Å². The molecule has 0 bridgehead atoms. The average molecular weight is 470 g/mol. The van der Waals surface area contributed by atoms with Crippen LogP contribution in [0.25, 0.3) is 0 Å². The minimum absolute atomic E-state index is 0.0444. The van der Waals surface area contributed by atoms with Crippen LogP contribution in [0.5, 0.6) is 0 Å². The summed E-state index contributed by atoms with van der Waals surface area (Å²) in [5.74, 6) is -3.83. The number of alkyl halides is 3. The van der Waals surface area contributed by atoms with Gasteiger partial charge in [0.1, 0.15) is 6.04 Å². The molecule has 8 nitrogen and oxygen atoms in total. The van der Waals surface area contributed by atoms with Crippen LogP contribution in [0.1, 0.15) is 45.0 Å². The van der Waals surface area contributed by atoms with Crippen LogP contribution < -0.4 is 0 Å². The Morgan fingerprint density at radius 3 is 1.94 bits per heavy atom. The summed E-state index contributed by atoms with van der Waals surface area (Å²) < 4.78 is 44.2. The van der Waals surface area contributed by atoms with Gasteiger partial charge in [0.05, 0.1) is 6.04 Å². The number of rotatable bonds is 5. The Bertz CT molecular complexity index is 1230. The van der Waals surface area contributed by atoms with Crippen molar-refractivity contribution >= 4 is 17.8 Å². The number of imide groups is 2. The molecule has 0 radical (unpaired) electrons. The van der Waals surface area contributed by atoms with Crippen molar-refractivity contribution in [3.05, 3.63) is 96.2 Å². The van der Waals surface area contributed by atoms with Gasteiger partial charge < -0.3 is 4.42 Å². The third-order valence-corrected chi connectivity index (χ3v) is 5.21. The van der Waals surface area contributed by atoms with E-state index in [1.165, 1.54) is 30.3 Å². The standard InChI is InChI=1S/C23H17F3N4O4/c1-2-9-16-17(18-27-28-21(34-18)23(24,25)26)30(20(32)15-12-7-4-8-13-15)22(33)29(16)19(31)14-10-5-3-6-11-14/h2-8,10-13,16-17H,1,9H2/t16-,17+/m1/s1. The second-order valence-corrected chi connectivity index (χ2v) is 7.34. The highest BCUT2D eigenvalue weighted by atomic mass is 19.4. The highest BCUT2D eigenvalue weighted by Crippen LogP contribution is 2.40. The molecule has 1 saturated heterocycles. The number of carbonyl (C=O) groups excluding carboxylic acids is 3. The maximum absolute atomic E-state index is 13.5. The van der Waals surface area contributed by atoms with E-state index >= 15 is 0 Å². The molecule has 0 aliphatic carbocycles. The summed E-state index contributed by atoms with van der Waals surface area (Å²) in [6.45, 7) is 3.62. The fourth-order valence-corrected chi connectivity index (χ4v) is 3.73. The summed E-state index contributed by atoms with van der Waals surface area (Å²) in [4.78, 5) is 41.6. The van der Waals surface area contributed by atoms with Gasteiger partial charge in [0.2, 0.25) is 5.89 Å². The molecule has 0 N–H and O–H groups in total. The van der Waals surface area contributed by atoms with Crippen molar-refractivity contribution in [2.75, 3.05) is 0 Å². The van der Waals surface area contributed by atoms with Crippen LogP contribution >= 0.6 is 0 Å². The summed E-state index contributed by atoms with van der Waals surface area (Å²) in [6.07, 6.45) is -3.60.